The number of aromatic nitrogens is 3. The van der Waals surface area contributed by atoms with Gasteiger partial charge in [-0.25, -0.2) is 0 Å². The summed E-state index contributed by atoms with van der Waals surface area (Å²) in [6.45, 7) is 4.35. The third-order valence-electron chi connectivity index (χ3n) is 3.01. The molecule has 2 aromatic heterocycles. The topological polar surface area (TPSA) is 110 Å². The number of nitrogens with one attached hydrogen (secondary N) is 1. The van der Waals surface area contributed by atoms with E-state index in [-0.39, 0.29) is 30.5 Å². The minimum Gasteiger partial charge on any atom is -0.481 e. The van der Waals surface area contributed by atoms with Crippen molar-refractivity contribution in [1.82, 2.24) is 20.3 Å². The van der Waals surface area contributed by atoms with Crippen LogP contribution < -0.4 is 5.32 Å². The first-order valence-electron chi connectivity index (χ1n) is 6.88. The molecule has 0 fully saturated rings. The molecule has 0 aromatic carbocycles. The molecule has 118 valence electrons. The van der Waals surface area contributed by atoms with Crippen LogP contribution in [-0.2, 0) is 11.3 Å². The lowest BCUT2D eigenvalue weighted by atomic mass is 10.1. The van der Waals surface area contributed by atoms with Gasteiger partial charge in [0.15, 0.2) is 11.5 Å². The zero-order chi connectivity index (χ0) is 16.1. The molecule has 0 saturated heterocycles. The molecule has 2 heterocycles. The standard InChI is InChI=1S/C14H18N4O4/c1-9(3-13(19)20)5-15-14(21)12-4-11(22-17-12)8-18-7-10(2)6-16-18/h4,6-7,9H,3,5,8H2,1-2H3,(H,15,21)(H,19,20). The molecular formula is C14H18N4O4. The van der Waals surface area contributed by atoms with Crippen molar-refractivity contribution in [3.63, 3.8) is 0 Å². The maximum absolute atomic E-state index is 11.9. The summed E-state index contributed by atoms with van der Waals surface area (Å²) in [4.78, 5) is 22.5. The fourth-order valence-corrected chi connectivity index (χ4v) is 1.94. The minimum absolute atomic E-state index is 0.00297. The van der Waals surface area contributed by atoms with Gasteiger partial charge in [-0.1, -0.05) is 12.1 Å². The lowest BCUT2D eigenvalue weighted by molar-refractivity contribution is -0.137. The Bertz CT molecular complexity index is 661. The molecule has 0 saturated carbocycles. The van der Waals surface area contributed by atoms with Gasteiger partial charge in [0.25, 0.3) is 5.91 Å². The van der Waals surface area contributed by atoms with E-state index in [1.807, 2.05) is 13.1 Å². The van der Waals surface area contributed by atoms with Crippen molar-refractivity contribution in [2.24, 2.45) is 5.92 Å². The van der Waals surface area contributed by atoms with Gasteiger partial charge in [-0.3, -0.25) is 14.3 Å². The predicted molar refractivity (Wildman–Crippen MR) is 76.3 cm³/mol. The highest BCUT2D eigenvalue weighted by Gasteiger charge is 2.15. The van der Waals surface area contributed by atoms with Gasteiger partial charge in [-0.15, -0.1) is 0 Å². The molecule has 22 heavy (non-hydrogen) atoms. The summed E-state index contributed by atoms with van der Waals surface area (Å²) in [5.74, 6) is -0.907. The second kappa shape index (κ2) is 6.88. The van der Waals surface area contributed by atoms with Gasteiger partial charge in [0.05, 0.1) is 6.20 Å². The number of aliphatic carboxylic acids is 1. The van der Waals surface area contributed by atoms with Crippen LogP contribution in [0.1, 0.15) is 35.2 Å². The second-order valence-electron chi connectivity index (χ2n) is 5.31. The van der Waals surface area contributed by atoms with E-state index < -0.39 is 5.97 Å². The van der Waals surface area contributed by atoms with Crippen molar-refractivity contribution in [2.45, 2.75) is 26.8 Å². The number of carboxylic acid groups (broad SMARTS) is 1. The molecule has 1 amide bonds. The van der Waals surface area contributed by atoms with Crippen molar-refractivity contribution < 1.29 is 19.2 Å². The SMILES string of the molecule is Cc1cnn(Cc2cc(C(=O)NCC(C)CC(=O)O)no2)c1. The van der Waals surface area contributed by atoms with Gasteiger partial charge >= 0.3 is 5.97 Å². The smallest absolute Gasteiger partial charge is 0.303 e. The lowest BCUT2D eigenvalue weighted by Gasteiger charge is -2.08. The molecule has 8 nitrogen and oxygen atoms in total. The number of nitrogens with zero attached hydrogens (tertiary/aromatic N) is 3. The fraction of sp³-hybridized carbons (Fsp3) is 0.429. The number of hydrogen-bond donors (Lipinski definition) is 2. The first kappa shape index (κ1) is 15.7. The van der Waals surface area contributed by atoms with E-state index in [4.69, 9.17) is 9.63 Å². The van der Waals surface area contributed by atoms with Crippen molar-refractivity contribution in [1.29, 1.82) is 0 Å². The number of carbonyl (C=O) groups excluding carboxylic acids is 1. The first-order chi connectivity index (χ1) is 10.4. The average molecular weight is 306 g/mol. The van der Waals surface area contributed by atoms with E-state index in [1.54, 1.807) is 23.9 Å². The van der Waals surface area contributed by atoms with Crippen LogP contribution in [0, 0.1) is 12.8 Å². The molecule has 1 unspecified atom stereocenters. The Kier molecular flexibility index (Phi) is 4.92. The minimum atomic E-state index is -0.889. The molecule has 0 aliphatic rings. The number of hydrogen-bond acceptors (Lipinski definition) is 5. The second-order valence-corrected chi connectivity index (χ2v) is 5.31. The Morgan fingerprint density at radius 2 is 2.27 bits per heavy atom. The zero-order valence-corrected chi connectivity index (χ0v) is 12.4. The Labute approximate surface area is 127 Å². The zero-order valence-electron chi connectivity index (χ0n) is 12.4. The van der Waals surface area contributed by atoms with Crippen LogP contribution in [-0.4, -0.2) is 38.5 Å². The van der Waals surface area contributed by atoms with E-state index >= 15 is 0 Å². The molecular weight excluding hydrogens is 288 g/mol. The molecule has 2 aromatic rings. The summed E-state index contributed by atoms with van der Waals surface area (Å²) in [5, 5.41) is 19.1. The van der Waals surface area contributed by atoms with E-state index in [9.17, 15) is 9.59 Å². The van der Waals surface area contributed by atoms with Crippen LogP contribution in [0.3, 0.4) is 0 Å². The molecule has 0 aliphatic carbocycles. The number of carbonyl (C=O) groups is 2. The third-order valence-corrected chi connectivity index (χ3v) is 3.01. The van der Waals surface area contributed by atoms with Crippen molar-refractivity contribution >= 4 is 11.9 Å². The fourth-order valence-electron chi connectivity index (χ4n) is 1.94. The third kappa shape index (κ3) is 4.44. The Morgan fingerprint density at radius 3 is 2.91 bits per heavy atom. The van der Waals surface area contributed by atoms with Crippen LogP contribution >= 0.6 is 0 Å². The van der Waals surface area contributed by atoms with Gasteiger partial charge in [-0.05, 0) is 18.4 Å². The van der Waals surface area contributed by atoms with E-state index in [2.05, 4.69) is 15.6 Å². The number of aryl methyl sites for hydroxylation is 1. The Balaban J connectivity index is 1.87. The van der Waals surface area contributed by atoms with Crippen molar-refractivity contribution in [2.75, 3.05) is 6.54 Å². The van der Waals surface area contributed by atoms with Crippen LogP contribution in [0.5, 0.6) is 0 Å². The number of rotatable bonds is 7. The Hall–Kier alpha value is -2.64. The summed E-state index contributed by atoms with van der Waals surface area (Å²) in [6.07, 6.45) is 3.59. The van der Waals surface area contributed by atoms with Gasteiger partial charge in [0.2, 0.25) is 0 Å². The molecule has 2 rings (SSSR count). The van der Waals surface area contributed by atoms with Crippen LogP contribution in [0.15, 0.2) is 23.0 Å². The maximum Gasteiger partial charge on any atom is 0.303 e. The molecule has 8 heteroatoms. The quantitative estimate of drug-likeness (QED) is 0.791. The van der Waals surface area contributed by atoms with Crippen molar-refractivity contribution in [3.05, 3.63) is 35.5 Å². The summed E-state index contributed by atoms with van der Waals surface area (Å²) in [5.41, 5.74) is 1.20. The summed E-state index contributed by atoms with van der Waals surface area (Å²) < 4.78 is 6.79. The molecule has 0 spiro atoms. The first-order valence-corrected chi connectivity index (χ1v) is 6.88. The monoisotopic (exact) mass is 306 g/mol. The van der Waals surface area contributed by atoms with Crippen molar-refractivity contribution in [3.8, 4) is 0 Å². The predicted octanol–water partition coefficient (Wildman–Crippen LogP) is 1.07. The van der Waals surface area contributed by atoms with E-state index in [1.165, 1.54) is 0 Å². The average Bonchev–Trinajstić information content (AvgIpc) is 3.05. The van der Waals surface area contributed by atoms with Gasteiger partial charge < -0.3 is 14.9 Å². The van der Waals surface area contributed by atoms with Gasteiger partial charge in [0, 0.05) is 25.2 Å². The number of amides is 1. The molecule has 0 aliphatic heterocycles. The summed E-state index contributed by atoms with van der Waals surface area (Å²) in [6, 6.07) is 1.55. The normalized spacial score (nSPS) is 12.1. The van der Waals surface area contributed by atoms with E-state index in [0.29, 0.717) is 12.3 Å². The maximum atomic E-state index is 11.9. The molecule has 2 N–H and O–H groups in total. The van der Waals surface area contributed by atoms with Gasteiger partial charge in [-0.2, -0.15) is 5.10 Å². The highest BCUT2D eigenvalue weighted by Crippen LogP contribution is 2.07. The van der Waals surface area contributed by atoms with Crippen LogP contribution in [0.4, 0.5) is 0 Å². The summed E-state index contributed by atoms with van der Waals surface area (Å²) in [7, 11) is 0. The van der Waals surface area contributed by atoms with Crippen LogP contribution in [0.2, 0.25) is 0 Å². The van der Waals surface area contributed by atoms with E-state index in [0.717, 1.165) is 5.56 Å². The summed E-state index contributed by atoms with van der Waals surface area (Å²) >= 11 is 0. The highest BCUT2D eigenvalue weighted by atomic mass is 16.5. The highest BCUT2D eigenvalue weighted by molar-refractivity contribution is 5.92. The Morgan fingerprint density at radius 1 is 1.50 bits per heavy atom. The van der Waals surface area contributed by atoms with Crippen LogP contribution in [0.25, 0.3) is 0 Å². The largest absolute Gasteiger partial charge is 0.481 e. The lowest BCUT2D eigenvalue weighted by Crippen LogP contribution is -2.29. The molecule has 1 atom stereocenters. The molecule has 0 radical (unpaired) electrons. The molecule has 0 bridgehead atoms. The number of carboxylic acids is 1. The van der Waals surface area contributed by atoms with Gasteiger partial charge in [0.1, 0.15) is 6.54 Å².